The molecule has 0 heterocycles. The monoisotopic (exact) mass is 343 g/mol. The number of ether oxygens (including phenoxy) is 1. The highest BCUT2D eigenvalue weighted by molar-refractivity contribution is 6.30. The first-order valence-corrected chi connectivity index (χ1v) is 7.67. The van der Waals surface area contributed by atoms with E-state index in [4.69, 9.17) is 16.3 Å². The van der Waals surface area contributed by atoms with Gasteiger partial charge in [0.25, 0.3) is 0 Å². The van der Waals surface area contributed by atoms with Crippen LogP contribution >= 0.6 is 11.6 Å². The zero-order valence-electron chi connectivity index (χ0n) is 13.2. The van der Waals surface area contributed by atoms with E-state index in [9.17, 15) is 19.1 Å². The maximum atomic E-state index is 13.3. The molecule has 0 radical (unpaired) electrons. The molecule has 2 rings (SSSR count). The number of halogens is 2. The van der Waals surface area contributed by atoms with E-state index in [0.29, 0.717) is 12.8 Å². The highest BCUT2D eigenvalue weighted by Gasteiger charge is 2.43. The number of hydrogen-bond donors (Lipinski definition) is 1. The van der Waals surface area contributed by atoms with Crippen LogP contribution in [0.15, 0.2) is 18.2 Å². The molecule has 1 unspecified atom stereocenters. The smallest absolute Gasteiger partial charge is 0.411 e. The fourth-order valence-electron chi connectivity index (χ4n) is 2.24. The van der Waals surface area contributed by atoms with Crippen LogP contribution in [0.5, 0.6) is 0 Å². The summed E-state index contributed by atoms with van der Waals surface area (Å²) in [4.78, 5) is 25.4. The summed E-state index contributed by atoms with van der Waals surface area (Å²) < 4.78 is 18.7. The maximum Gasteiger partial charge on any atom is 0.411 e. The van der Waals surface area contributed by atoms with Crippen molar-refractivity contribution in [1.29, 1.82) is 0 Å². The molecule has 1 aromatic carbocycles. The van der Waals surface area contributed by atoms with Crippen LogP contribution < -0.4 is 0 Å². The maximum absolute atomic E-state index is 13.3. The van der Waals surface area contributed by atoms with Gasteiger partial charge in [0, 0.05) is 6.04 Å². The third kappa shape index (κ3) is 4.34. The van der Waals surface area contributed by atoms with Gasteiger partial charge in [0.05, 0.1) is 5.02 Å². The average molecular weight is 344 g/mol. The van der Waals surface area contributed by atoms with Crippen LogP contribution in [0.2, 0.25) is 5.02 Å². The minimum Gasteiger partial charge on any atom is -0.479 e. The summed E-state index contributed by atoms with van der Waals surface area (Å²) >= 11 is 5.75. The molecule has 1 amide bonds. The predicted octanol–water partition coefficient (Wildman–Crippen LogP) is 4.00. The Morgan fingerprint density at radius 1 is 1.39 bits per heavy atom. The Hall–Kier alpha value is -1.82. The molecule has 23 heavy (non-hydrogen) atoms. The molecule has 5 nitrogen and oxygen atoms in total. The van der Waals surface area contributed by atoms with Crippen LogP contribution in [0, 0.1) is 5.82 Å². The second kappa shape index (κ2) is 6.35. The van der Waals surface area contributed by atoms with Crippen LogP contribution in [0.3, 0.4) is 0 Å². The number of nitrogens with zero attached hydrogens (tertiary/aromatic N) is 1. The van der Waals surface area contributed by atoms with Gasteiger partial charge in [-0.3, -0.25) is 4.90 Å². The van der Waals surface area contributed by atoms with Crippen LogP contribution in [0.4, 0.5) is 9.18 Å². The Balaban J connectivity index is 2.37. The SMILES string of the molecule is CC(C)(C)OC(=O)N(C1CC1)C(C(=O)O)c1ccc(F)c(Cl)c1. The van der Waals surface area contributed by atoms with E-state index in [0.717, 1.165) is 6.07 Å². The highest BCUT2D eigenvalue weighted by atomic mass is 35.5. The predicted molar refractivity (Wildman–Crippen MR) is 82.9 cm³/mol. The Bertz CT molecular complexity index is 625. The van der Waals surface area contributed by atoms with Crippen molar-refractivity contribution >= 4 is 23.7 Å². The largest absolute Gasteiger partial charge is 0.479 e. The lowest BCUT2D eigenvalue weighted by Crippen LogP contribution is -2.43. The zero-order valence-corrected chi connectivity index (χ0v) is 13.9. The molecule has 0 spiro atoms. The number of rotatable bonds is 4. The van der Waals surface area contributed by atoms with Gasteiger partial charge >= 0.3 is 12.1 Å². The zero-order chi connectivity index (χ0) is 17.4. The molecule has 7 heteroatoms. The van der Waals surface area contributed by atoms with E-state index in [1.165, 1.54) is 17.0 Å². The molecule has 1 fully saturated rings. The van der Waals surface area contributed by atoms with Crippen LogP contribution in [-0.4, -0.2) is 33.7 Å². The molecule has 0 saturated heterocycles. The third-order valence-corrected chi connectivity index (χ3v) is 3.61. The number of benzene rings is 1. The molecule has 1 atom stereocenters. The summed E-state index contributed by atoms with van der Waals surface area (Å²) in [6.45, 7) is 5.13. The van der Waals surface area contributed by atoms with Crippen LogP contribution in [0.25, 0.3) is 0 Å². The van der Waals surface area contributed by atoms with E-state index in [-0.39, 0.29) is 16.6 Å². The standard InChI is InChI=1S/C16H19ClFNO4/c1-16(2,3)23-15(22)19(10-5-6-10)13(14(20)21)9-4-7-12(18)11(17)8-9/h4,7-8,10,13H,5-6H2,1-3H3,(H,20,21). The van der Waals surface area contributed by atoms with Gasteiger partial charge in [-0.25, -0.2) is 14.0 Å². The van der Waals surface area contributed by atoms with Gasteiger partial charge in [-0.15, -0.1) is 0 Å². The van der Waals surface area contributed by atoms with Crippen molar-refractivity contribution in [3.8, 4) is 0 Å². The van der Waals surface area contributed by atoms with E-state index in [1.54, 1.807) is 20.8 Å². The van der Waals surface area contributed by atoms with E-state index >= 15 is 0 Å². The highest BCUT2D eigenvalue weighted by Crippen LogP contribution is 2.36. The molecule has 0 bridgehead atoms. The van der Waals surface area contributed by atoms with Gasteiger partial charge in [-0.1, -0.05) is 17.7 Å². The molecule has 1 aliphatic carbocycles. The quantitative estimate of drug-likeness (QED) is 0.897. The van der Waals surface area contributed by atoms with Gasteiger partial charge < -0.3 is 9.84 Å². The van der Waals surface area contributed by atoms with Crippen LogP contribution in [-0.2, 0) is 9.53 Å². The number of carbonyl (C=O) groups is 2. The third-order valence-electron chi connectivity index (χ3n) is 3.32. The van der Waals surface area contributed by atoms with E-state index in [2.05, 4.69) is 0 Å². The summed E-state index contributed by atoms with van der Waals surface area (Å²) in [6.07, 6.45) is 0.712. The van der Waals surface area contributed by atoms with Gasteiger partial charge in [0.2, 0.25) is 0 Å². The average Bonchev–Trinajstić information content (AvgIpc) is 3.21. The molecule has 1 aromatic rings. The molecular formula is C16H19ClFNO4. The second-order valence-electron chi connectivity index (χ2n) is 6.53. The topological polar surface area (TPSA) is 66.8 Å². The number of carboxylic acids is 1. The first kappa shape index (κ1) is 17.5. The first-order chi connectivity index (χ1) is 10.6. The number of carbonyl (C=O) groups excluding carboxylic acids is 1. The number of hydrogen-bond acceptors (Lipinski definition) is 3. The van der Waals surface area contributed by atoms with Crippen LogP contribution in [0.1, 0.15) is 45.2 Å². The fourth-order valence-corrected chi connectivity index (χ4v) is 2.43. The minimum atomic E-state index is -1.27. The Labute approximate surface area is 139 Å². The Morgan fingerprint density at radius 3 is 2.43 bits per heavy atom. The lowest BCUT2D eigenvalue weighted by molar-refractivity contribution is -0.143. The molecule has 126 valence electrons. The van der Waals surface area contributed by atoms with Crippen molar-refractivity contribution in [2.24, 2.45) is 0 Å². The summed E-state index contributed by atoms with van der Waals surface area (Å²) in [6, 6.07) is 2.17. The molecule has 1 aliphatic rings. The van der Waals surface area contributed by atoms with E-state index < -0.39 is 29.5 Å². The Morgan fingerprint density at radius 2 is 2.00 bits per heavy atom. The summed E-state index contributed by atoms with van der Waals surface area (Å²) in [5.41, 5.74) is -0.505. The van der Waals surface area contributed by atoms with Crippen molar-refractivity contribution < 1.29 is 23.8 Å². The first-order valence-electron chi connectivity index (χ1n) is 7.29. The summed E-state index contributed by atoms with van der Waals surface area (Å²) in [7, 11) is 0. The molecule has 0 aromatic heterocycles. The fraction of sp³-hybridized carbons (Fsp3) is 0.500. The minimum absolute atomic E-state index is 0.186. The summed E-state index contributed by atoms with van der Waals surface area (Å²) in [5.74, 6) is -1.86. The molecular weight excluding hydrogens is 325 g/mol. The number of aliphatic carboxylic acids is 1. The lowest BCUT2D eigenvalue weighted by atomic mass is 10.1. The van der Waals surface area contributed by atoms with Crippen molar-refractivity contribution in [1.82, 2.24) is 4.90 Å². The second-order valence-corrected chi connectivity index (χ2v) is 6.94. The number of amides is 1. The van der Waals surface area contributed by atoms with Crippen molar-refractivity contribution in [2.75, 3.05) is 0 Å². The normalized spacial score (nSPS) is 15.9. The number of carboxylic acid groups (broad SMARTS) is 1. The Kier molecular flexibility index (Phi) is 4.84. The molecule has 1 saturated carbocycles. The van der Waals surface area contributed by atoms with Gasteiger partial charge in [0.1, 0.15) is 11.4 Å². The van der Waals surface area contributed by atoms with Gasteiger partial charge in [-0.05, 0) is 51.3 Å². The van der Waals surface area contributed by atoms with Gasteiger partial charge in [0.15, 0.2) is 6.04 Å². The van der Waals surface area contributed by atoms with Crippen molar-refractivity contribution in [3.05, 3.63) is 34.6 Å². The van der Waals surface area contributed by atoms with E-state index in [1.807, 2.05) is 0 Å². The summed E-state index contributed by atoms with van der Waals surface area (Å²) in [5, 5.41) is 9.41. The molecule has 0 aliphatic heterocycles. The molecule has 1 N–H and O–H groups in total. The lowest BCUT2D eigenvalue weighted by Gasteiger charge is -2.31. The van der Waals surface area contributed by atoms with Crippen molar-refractivity contribution in [3.63, 3.8) is 0 Å². The van der Waals surface area contributed by atoms with Gasteiger partial charge in [-0.2, -0.15) is 0 Å². The van der Waals surface area contributed by atoms with Crippen molar-refractivity contribution in [2.45, 2.75) is 51.3 Å².